The zero-order chi connectivity index (χ0) is 13.5. The van der Waals surface area contributed by atoms with Gasteiger partial charge in [0.25, 0.3) is 0 Å². The van der Waals surface area contributed by atoms with E-state index in [0.29, 0.717) is 31.0 Å². The van der Waals surface area contributed by atoms with E-state index in [1.807, 2.05) is 0 Å². The Hall–Kier alpha value is -1.18. The third-order valence-corrected chi connectivity index (χ3v) is 3.17. The SMILES string of the molecule is COCCNCc1nnc(N2CCC(COC)C2)o1. The van der Waals surface area contributed by atoms with Crippen LogP contribution in [0.4, 0.5) is 6.01 Å². The van der Waals surface area contributed by atoms with Crippen molar-refractivity contribution in [1.29, 1.82) is 0 Å². The lowest BCUT2D eigenvalue weighted by Gasteiger charge is -2.12. The van der Waals surface area contributed by atoms with Gasteiger partial charge in [-0.1, -0.05) is 5.10 Å². The van der Waals surface area contributed by atoms with E-state index in [4.69, 9.17) is 13.9 Å². The van der Waals surface area contributed by atoms with Crippen LogP contribution in [0.5, 0.6) is 0 Å². The van der Waals surface area contributed by atoms with Gasteiger partial charge in [-0.25, -0.2) is 0 Å². The zero-order valence-corrected chi connectivity index (χ0v) is 11.6. The molecule has 1 aromatic heterocycles. The minimum atomic E-state index is 0.556. The summed E-state index contributed by atoms with van der Waals surface area (Å²) in [6, 6.07) is 0.613. The molecule has 1 N–H and O–H groups in total. The monoisotopic (exact) mass is 270 g/mol. The predicted octanol–water partition coefficient (Wildman–Crippen LogP) is 0.278. The van der Waals surface area contributed by atoms with Crippen LogP contribution >= 0.6 is 0 Å². The third-order valence-electron chi connectivity index (χ3n) is 3.17. The van der Waals surface area contributed by atoms with Crippen LogP contribution in [0.1, 0.15) is 12.3 Å². The minimum absolute atomic E-state index is 0.556. The highest BCUT2D eigenvalue weighted by atomic mass is 16.5. The molecule has 0 spiro atoms. The van der Waals surface area contributed by atoms with E-state index in [2.05, 4.69) is 20.4 Å². The molecule has 1 fully saturated rings. The summed E-state index contributed by atoms with van der Waals surface area (Å²) >= 11 is 0. The largest absolute Gasteiger partial charge is 0.407 e. The molecule has 7 nitrogen and oxygen atoms in total. The summed E-state index contributed by atoms with van der Waals surface area (Å²) in [4.78, 5) is 2.12. The first-order valence-electron chi connectivity index (χ1n) is 6.59. The van der Waals surface area contributed by atoms with Crippen molar-refractivity contribution < 1.29 is 13.9 Å². The number of hydrogen-bond donors (Lipinski definition) is 1. The second-order valence-electron chi connectivity index (χ2n) is 4.70. The Balaban J connectivity index is 1.77. The Morgan fingerprint density at radius 1 is 1.37 bits per heavy atom. The number of aromatic nitrogens is 2. The van der Waals surface area contributed by atoms with Gasteiger partial charge >= 0.3 is 6.01 Å². The summed E-state index contributed by atoms with van der Waals surface area (Å²) in [5.74, 6) is 1.17. The molecule has 2 heterocycles. The molecule has 1 saturated heterocycles. The van der Waals surface area contributed by atoms with Crippen LogP contribution in [0.2, 0.25) is 0 Å². The maximum absolute atomic E-state index is 5.63. The fraction of sp³-hybridized carbons (Fsp3) is 0.833. The molecule has 1 aromatic rings. The Kier molecular flexibility index (Phi) is 5.56. The molecule has 0 saturated carbocycles. The van der Waals surface area contributed by atoms with E-state index in [-0.39, 0.29) is 0 Å². The van der Waals surface area contributed by atoms with Crippen molar-refractivity contribution in [1.82, 2.24) is 15.5 Å². The van der Waals surface area contributed by atoms with Crippen LogP contribution in [0.15, 0.2) is 4.42 Å². The van der Waals surface area contributed by atoms with Crippen molar-refractivity contribution in [2.24, 2.45) is 5.92 Å². The van der Waals surface area contributed by atoms with E-state index in [1.54, 1.807) is 14.2 Å². The number of nitrogens with zero attached hydrogens (tertiary/aromatic N) is 3. The Labute approximate surface area is 113 Å². The van der Waals surface area contributed by atoms with Crippen LogP contribution in [0.25, 0.3) is 0 Å². The summed E-state index contributed by atoms with van der Waals surface area (Å²) in [6.07, 6.45) is 1.11. The number of ether oxygens (including phenoxy) is 2. The Morgan fingerprint density at radius 2 is 2.26 bits per heavy atom. The molecular weight excluding hydrogens is 248 g/mol. The number of anilines is 1. The summed E-state index contributed by atoms with van der Waals surface area (Å²) in [5, 5.41) is 11.3. The lowest BCUT2D eigenvalue weighted by molar-refractivity contribution is 0.160. The molecule has 0 bridgehead atoms. The van der Waals surface area contributed by atoms with E-state index >= 15 is 0 Å². The first kappa shape index (κ1) is 14.2. The van der Waals surface area contributed by atoms with Gasteiger partial charge in [-0.15, -0.1) is 5.10 Å². The fourth-order valence-electron chi connectivity index (χ4n) is 2.19. The van der Waals surface area contributed by atoms with Gasteiger partial charge < -0.3 is 24.1 Å². The molecule has 1 atom stereocenters. The lowest BCUT2D eigenvalue weighted by Crippen LogP contribution is -2.21. The Morgan fingerprint density at radius 3 is 3.05 bits per heavy atom. The first-order chi connectivity index (χ1) is 9.33. The van der Waals surface area contributed by atoms with Crippen molar-refractivity contribution in [3.05, 3.63) is 5.89 Å². The molecule has 7 heteroatoms. The molecule has 108 valence electrons. The summed E-state index contributed by atoms with van der Waals surface area (Å²) in [7, 11) is 3.41. The third kappa shape index (κ3) is 4.15. The predicted molar refractivity (Wildman–Crippen MR) is 70.1 cm³/mol. The van der Waals surface area contributed by atoms with Gasteiger partial charge in [-0.05, 0) is 6.42 Å². The van der Waals surface area contributed by atoms with Crippen LogP contribution in [-0.4, -0.2) is 57.3 Å². The first-order valence-corrected chi connectivity index (χ1v) is 6.59. The van der Waals surface area contributed by atoms with Gasteiger partial charge in [0.1, 0.15) is 0 Å². The van der Waals surface area contributed by atoms with Crippen LogP contribution in [0.3, 0.4) is 0 Å². The lowest BCUT2D eigenvalue weighted by atomic mass is 10.1. The van der Waals surface area contributed by atoms with Crippen molar-refractivity contribution >= 4 is 6.01 Å². The highest BCUT2D eigenvalue weighted by Crippen LogP contribution is 2.22. The van der Waals surface area contributed by atoms with Gasteiger partial charge in [-0.2, -0.15) is 0 Å². The van der Waals surface area contributed by atoms with Gasteiger partial charge in [0.05, 0.1) is 19.8 Å². The molecule has 2 rings (SSSR count). The summed E-state index contributed by atoms with van der Waals surface area (Å²) in [6.45, 7) is 4.68. The highest BCUT2D eigenvalue weighted by molar-refractivity contribution is 5.26. The average Bonchev–Trinajstić information content (AvgIpc) is 3.04. The molecule has 0 aliphatic carbocycles. The number of nitrogens with one attached hydrogen (secondary N) is 1. The highest BCUT2D eigenvalue weighted by Gasteiger charge is 2.26. The van der Waals surface area contributed by atoms with Crippen molar-refractivity contribution in [3.63, 3.8) is 0 Å². The van der Waals surface area contributed by atoms with Gasteiger partial charge in [0.15, 0.2) is 0 Å². The molecular formula is C12H22N4O3. The van der Waals surface area contributed by atoms with Crippen molar-refractivity contribution in [2.75, 3.05) is 52.0 Å². The molecule has 1 aliphatic heterocycles. The smallest absolute Gasteiger partial charge is 0.318 e. The van der Waals surface area contributed by atoms with Crippen molar-refractivity contribution in [2.45, 2.75) is 13.0 Å². The number of hydrogen-bond acceptors (Lipinski definition) is 7. The van der Waals surface area contributed by atoms with Crippen molar-refractivity contribution in [3.8, 4) is 0 Å². The quantitative estimate of drug-likeness (QED) is 0.680. The average molecular weight is 270 g/mol. The van der Waals surface area contributed by atoms with E-state index in [0.717, 1.165) is 32.7 Å². The van der Waals surface area contributed by atoms with Crippen LogP contribution < -0.4 is 10.2 Å². The molecule has 0 radical (unpaired) electrons. The van der Waals surface area contributed by atoms with Gasteiger partial charge in [0, 0.05) is 39.8 Å². The normalized spacial score (nSPS) is 19.3. The standard InChI is InChI=1S/C12H22N4O3/c1-17-6-4-13-7-11-14-15-12(19-11)16-5-3-10(8-16)9-18-2/h10,13H,3-9H2,1-2H3. The molecule has 0 aromatic carbocycles. The number of rotatable bonds is 8. The number of methoxy groups -OCH3 is 2. The second-order valence-corrected chi connectivity index (χ2v) is 4.70. The minimum Gasteiger partial charge on any atom is -0.407 e. The van der Waals surface area contributed by atoms with Gasteiger partial charge in [-0.3, -0.25) is 0 Å². The van der Waals surface area contributed by atoms with Crippen LogP contribution in [0, 0.1) is 5.92 Å². The van der Waals surface area contributed by atoms with Crippen LogP contribution in [-0.2, 0) is 16.0 Å². The molecule has 1 aliphatic rings. The fourth-order valence-corrected chi connectivity index (χ4v) is 2.19. The summed E-state index contributed by atoms with van der Waals surface area (Å²) in [5.41, 5.74) is 0. The Bertz CT molecular complexity index is 372. The van der Waals surface area contributed by atoms with E-state index in [1.165, 1.54) is 0 Å². The van der Waals surface area contributed by atoms with E-state index in [9.17, 15) is 0 Å². The topological polar surface area (TPSA) is 72.7 Å². The van der Waals surface area contributed by atoms with Gasteiger partial charge in [0.2, 0.25) is 5.89 Å². The molecule has 1 unspecified atom stereocenters. The molecule has 19 heavy (non-hydrogen) atoms. The maximum atomic E-state index is 5.63. The summed E-state index contributed by atoms with van der Waals surface area (Å²) < 4.78 is 15.8. The second kappa shape index (κ2) is 7.42. The maximum Gasteiger partial charge on any atom is 0.318 e. The zero-order valence-electron chi connectivity index (χ0n) is 11.6. The molecule has 0 amide bonds. The van der Waals surface area contributed by atoms with E-state index < -0.39 is 0 Å².